The molecule has 0 radical (unpaired) electrons. The van der Waals surface area contributed by atoms with Gasteiger partial charge in [0.05, 0.1) is 53.2 Å². The van der Waals surface area contributed by atoms with Gasteiger partial charge in [-0.1, -0.05) is 59.3 Å². The van der Waals surface area contributed by atoms with E-state index >= 15 is 0 Å². The van der Waals surface area contributed by atoms with Crippen molar-refractivity contribution in [2.45, 2.75) is 38.4 Å². The van der Waals surface area contributed by atoms with Gasteiger partial charge in [-0.2, -0.15) is 10.5 Å². The highest BCUT2D eigenvalue weighted by Gasteiger charge is 2.23. The van der Waals surface area contributed by atoms with Crippen molar-refractivity contribution in [3.8, 4) is 12.1 Å². The van der Waals surface area contributed by atoms with Crippen LogP contribution in [0, 0.1) is 28.5 Å². The highest BCUT2D eigenvalue weighted by atomic mass is 35.5. The molecule has 0 saturated carbocycles. The van der Waals surface area contributed by atoms with E-state index in [0.29, 0.717) is 38.6 Å². The molecule has 204 valence electrons. The molecule has 0 amide bonds. The molecule has 8 nitrogen and oxygen atoms in total. The lowest BCUT2D eigenvalue weighted by molar-refractivity contribution is 0.514. The predicted molar refractivity (Wildman–Crippen MR) is 157 cm³/mol. The second-order valence-electron chi connectivity index (χ2n) is 9.82. The van der Waals surface area contributed by atoms with Crippen LogP contribution in [0.4, 0.5) is 15.8 Å². The van der Waals surface area contributed by atoms with Gasteiger partial charge in [-0.3, -0.25) is 4.98 Å². The van der Waals surface area contributed by atoms with E-state index in [1.165, 1.54) is 18.3 Å². The summed E-state index contributed by atoms with van der Waals surface area (Å²) in [6.07, 6.45) is 3.53. The number of hydrogen-bond donors (Lipinski definition) is 2. The van der Waals surface area contributed by atoms with Crippen LogP contribution in [0.15, 0.2) is 79.1 Å². The number of benzene rings is 3. The van der Waals surface area contributed by atoms with Crippen LogP contribution in [-0.4, -0.2) is 20.0 Å². The third-order valence-electron chi connectivity index (χ3n) is 6.73. The molecule has 0 bridgehead atoms. The van der Waals surface area contributed by atoms with Gasteiger partial charge in [-0.05, 0) is 49.2 Å². The lowest BCUT2D eigenvalue weighted by atomic mass is 10.0. The van der Waals surface area contributed by atoms with Gasteiger partial charge in [-0.25, -0.2) is 9.07 Å². The van der Waals surface area contributed by atoms with E-state index in [9.17, 15) is 14.9 Å². The van der Waals surface area contributed by atoms with Gasteiger partial charge in [0.15, 0.2) is 0 Å². The molecule has 5 rings (SSSR count). The van der Waals surface area contributed by atoms with E-state index in [2.05, 4.69) is 38.1 Å². The van der Waals surface area contributed by atoms with E-state index < -0.39 is 6.04 Å². The number of anilines is 2. The van der Waals surface area contributed by atoms with Crippen molar-refractivity contribution in [2.75, 3.05) is 10.6 Å². The van der Waals surface area contributed by atoms with Gasteiger partial charge in [0, 0.05) is 22.6 Å². The molecule has 41 heavy (non-hydrogen) atoms. The van der Waals surface area contributed by atoms with Crippen LogP contribution in [0.2, 0.25) is 5.02 Å². The quantitative estimate of drug-likeness (QED) is 0.192. The van der Waals surface area contributed by atoms with E-state index in [1.54, 1.807) is 28.9 Å². The Hall–Kier alpha value is -4.99. The van der Waals surface area contributed by atoms with Crippen LogP contribution in [0.1, 0.15) is 60.8 Å². The van der Waals surface area contributed by atoms with E-state index in [-0.39, 0.29) is 24.3 Å². The first-order valence-electron chi connectivity index (χ1n) is 13.0. The molecule has 0 spiro atoms. The Morgan fingerprint density at radius 3 is 2.41 bits per heavy atom. The number of rotatable bonds is 9. The lowest BCUT2D eigenvalue weighted by Gasteiger charge is -2.22. The first-order chi connectivity index (χ1) is 19.9. The second kappa shape index (κ2) is 12.0. The topological polar surface area (TPSA) is 115 Å². The maximum atomic E-state index is 13.8. The summed E-state index contributed by atoms with van der Waals surface area (Å²) in [6.45, 7) is 4.01. The maximum Gasteiger partial charge on any atom is 0.123 e. The number of aromatic nitrogens is 4. The fourth-order valence-electron chi connectivity index (χ4n) is 4.63. The molecule has 3 aromatic carbocycles. The Morgan fingerprint density at radius 2 is 1.76 bits per heavy atom. The van der Waals surface area contributed by atoms with Crippen LogP contribution in [0.3, 0.4) is 0 Å². The van der Waals surface area contributed by atoms with Crippen LogP contribution >= 0.6 is 11.6 Å². The van der Waals surface area contributed by atoms with Crippen molar-refractivity contribution < 1.29 is 4.39 Å². The molecule has 2 heterocycles. The highest BCUT2D eigenvalue weighted by molar-refractivity contribution is 6.32. The Labute approximate surface area is 242 Å². The largest absolute Gasteiger partial charge is 0.376 e. The Balaban J connectivity index is 1.63. The molecular weight excluding hydrogens is 539 g/mol. The van der Waals surface area contributed by atoms with Crippen molar-refractivity contribution in [2.24, 2.45) is 0 Å². The Kier molecular flexibility index (Phi) is 8.09. The van der Waals surface area contributed by atoms with Gasteiger partial charge in [-0.15, -0.1) is 5.10 Å². The van der Waals surface area contributed by atoms with Crippen molar-refractivity contribution >= 4 is 33.9 Å². The number of fused-ring (bicyclic) bond motifs is 1. The molecular formula is C31H26ClFN8. The molecule has 2 aromatic heterocycles. The van der Waals surface area contributed by atoms with Gasteiger partial charge >= 0.3 is 0 Å². The average Bonchev–Trinajstić information content (AvgIpc) is 3.47. The van der Waals surface area contributed by atoms with Crippen LogP contribution in [0.5, 0.6) is 0 Å². The third kappa shape index (κ3) is 5.96. The first kappa shape index (κ1) is 27.6. The predicted octanol–water partition coefficient (Wildman–Crippen LogP) is 7.34. The SMILES string of the molecule is CC(C)n1cc([C@@H](Nc2cc(Cl)cc3c(N[C@@H](CC#N)c4ccccc4)c(C#N)cnc23)c2ccc(F)cc2)nn1. The second-order valence-corrected chi connectivity index (χ2v) is 10.3. The van der Waals surface area contributed by atoms with Gasteiger partial charge < -0.3 is 10.6 Å². The molecule has 0 fully saturated rings. The standard InChI is InChI=1S/C31H26ClFN8/c1-19(2)41-18-28(39-40-41)30(21-8-10-24(33)11-9-21)38-27-15-23(32)14-25-29(22(16-35)17-36-31(25)27)37-26(12-13-34)20-6-4-3-5-7-20/h3-11,14-15,17-19,26,30,38H,12H2,1-2H3,(H,36,37)/t26-,30-/m0/s1. The number of hydrogen-bond acceptors (Lipinski definition) is 7. The number of pyridine rings is 1. The molecule has 0 aliphatic rings. The zero-order valence-corrected chi connectivity index (χ0v) is 23.1. The van der Waals surface area contributed by atoms with E-state index in [0.717, 1.165) is 11.1 Å². The minimum absolute atomic E-state index is 0.0998. The van der Waals surface area contributed by atoms with Crippen LogP contribution in [-0.2, 0) is 0 Å². The zero-order valence-electron chi connectivity index (χ0n) is 22.4. The lowest BCUT2D eigenvalue weighted by Crippen LogP contribution is -2.15. The highest BCUT2D eigenvalue weighted by Crippen LogP contribution is 2.38. The minimum Gasteiger partial charge on any atom is -0.376 e. The number of nitrogens with one attached hydrogen (secondary N) is 2. The smallest absolute Gasteiger partial charge is 0.123 e. The summed E-state index contributed by atoms with van der Waals surface area (Å²) in [6, 6.07) is 22.9. The van der Waals surface area contributed by atoms with Crippen molar-refractivity contribution in [1.82, 2.24) is 20.0 Å². The number of halogens is 2. The monoisotopic (exact) mass is 564 g/mol. The summed E-state index contributed by atoms with van der Waals surface area (Å²) in [4.78, 5) is 4.62. The van der Waals surface area contributed by atoms with Crippen molar-refractivity contribution in [3.63, 3.8) is 0 Å². The average molecular weight is 565 g/mol. The molecule has 0 unspecified atom stereocenters. The van der Waals surface area contributed by atoms with E-state index in [1.807, 2.05) is 50.4 Å². The van der Waals surface area contributed by atoms with Gasteiger partial charge in [0.1, 0.15) is 17.6 Å². The van der Waals surface area contributed by atoms with Crippen molar-refractivity contribution in [3.05, 3.63) is 112 Å². The van der Waals surface area contributed by atoms with Crippen LogP contribution in [0.25, 0.3) is 10.9 Å². The summed E-state index contributed by atoms with van der Waals surface area (Å²) in [5.41, 5.74) is 4.29. The molecule has 5 aromatic rings. The zero-order chi connectivity index (χ0) is 28.9. The summed E-state index contributed by atoms with van der Waals surface area (Å²) >= 11 is 6.64. The molecule has 2 N–H and O–H groups in total. The Morgan fingerprint density at radius 1 is 1.00 bits per heavy atom. The molecule has 2 atom stereocenters. The van der Waals surface area contributed by atoms with Crippen LogP contribution < -0.4 is 10.6 Å². The number of nitrogens with zero attached hydrogens (tertiary/aromatic N) is 6. The normalized spacial score (nSPS) is 12.5. The summed E-state index contributed by atoms with van der Waals surface area (Å²) in [5.74, 6) is -0.349. The molecule has 0 aliphatic heterocycles. The summed E-state index contributed by atoms with van der Waals surface area (Å²) in [7, 11) is 0. The number of nitriles is 2. The summed E-state index contributed by atoms with van der Waals surface area (Å²) in [5, 5.41) is 36.1. The minimum atomic E-state index is -0.505. The molecule has 10 heteroatoms. The van der Waals surface area contributed by atoms with E-state index in [4.69, 9.17) is 11.6 Å². The Bertz CT molecular complexity index is 1750. The molecule has 0 aliphatic carbocycles. The van der Waals surface area contributed by atoms with Crippen molar-refractivity contribution in [1.29, 1.82) is 10.5 Å². The maximum absolute atomic E-state index is 13.8. The molecule has 0 saturated heterocycles. The summed E-state index contributed by atoms with van der Waals surface area (Å²) < 4.78 is 15.6. The van der Waals surface area contributed by atoms with Gasteiger partial charge in [0.2, 0.25) is 0 Å². The first-order valence-corrected chi connectivity index (χ1v) is 13.4. The van der Waals surface area contributed by atoms with Gasteiger partial charge in [0.25, 0.3) is 0 Å². The fourth-order valence-corrected chi connectivity index (χ4v) is 4.85. The third-order valence-corrected chi connectivity index (χ3v) is 6.95. The fraction of sp³-hybridized carbons (Fsp3) is 0.194.